The van der Waals surface area contributed by atoms with Gasteiger partial charge in [0.1, 0.15) is 24.7 Å². The zero-order valence-electron chi connectivity index (χ0n) is 18.9. The maximum Gasteiger partial charge on any atom is 0.123 e. The van der Waals surface area contributed by atoms with E-state index in [0.717, 1.165) is 28.2 Å². The minimum atomic E-state index is 0.0221. The lowest BCUT2D eigenvalue weighted by molar-refractivity contribution is 0.00446. The van der Waals surface area contributed by atoms with Gasteiger partial charge in [0.05, 0.1) is 46.2 Å². The van der Waals surface area contributed by atoms with E-state index in [1.54, 1.807) is 0 Å². The molecule has 0 aliphatic heterocycles. The van der Waals surface area contributed by atoms with Crippen LogP contribution in [0.2, 0.25) is 0 Å². The first-order valence-corrected chi connectivity index (χ1v) is 11.1. The van der Waals surface area contributed by atoms with Gasteiger partial charge in [-0.1, -0.05) is 60.7 Å². The Morgan fingerprint density at radius 3 is 1.48 bits per heavy atom. The summed E-state index contributed by atoms with van der Waals surface area (Å²) in [5, 5.41) is 8.67. The summed E-state index contributed by atoms with van der Waals surface area (Å²) in [6.45, 7) is 3.62. The van der Waals surface area contributed by atoms with E-state index in [2.05, 4.69) is 0 Å². The Labute approximate surface area is 195 Å². The van der Waals surface area contributed by atoms with E-state index in [-0.39, 0.29) is 6.61 Å². The number of aliphatic hydroxyl groups is 1. The smallest absolute Gasteiger partial charge is 0.123 e. The van der Waals surface area contributed by atoms with Crippen molar-refractivity contribution in [2.45, 2.75) is 19.8 Å². The topological polar surface area (TPSA) is 66.4 Å². The second-order valence-electron chi connectivity index (χ2n) is 7.36. The number of ether oxygens (including phenoxy) is 5. The van der Waals surface area contributed by atoms with E-state index >= 15 is 0 Å². The van der Waals surface area contributed by atoms with Crippen LogP contribution in [0.15, 0.2) is 78.9 Å². The molecule has 1 N–H and O–H groups in total. The van der Waals surface area contributed by atoms with Gasteiger partial charge in [0, 0.05) is 6.07 Å². The number of benzene rings is 3. The molecule has 6 heteroatoms. The first-order valence-electron chi connectivity index (χ1n) is 11.1. The largest absolute Gasteiger partial charge is 0.489 e. The van der Waals surface area contributed by atoms with Gasteiger partial charge in [-0.3, -0.25) is 0 Å². The number of hydrogen-bond donors (Lipinski definition) is 1. The van der Waals surface area contributed by atoms with Crippen LogP contribution in [0, 0.1) is 0 Å². The zero-order valence-corrected chi connectivity index (χ0v) is 18.9. The second kappa shape index (κ2) is 15.0. The minimum absolute atomic E-state index is 0.0221. The van der Waals surface area contributed by atoms with Crippen molar-refractivity contribution in [2.24, 2.45) is 0 Å². The van der Waals surface area contributed by atoms with Crippen LogP contribution < -0.4 is 9.47 Å². The molecule has 0 unspecified atom stereocenters. The molecule has 0 radical (unpaired) electrons. The summed E-state index contributed by atoms with van der Waals surface area (Å²) >= 11 is 0. The first kappa shape index (κ1) is 24.7. The standard InChI is InChI=1S/C27H32O6/c28-11-12-29-13-14-30-15-16-31-20-25-17-26(32-21-23-7-3-1-4-8-23)19-27(18-25)33-22-24-9-5-2-6-10-24/h1-10,17-19,28H,11-16,20-22H2. The lowest BCUT2D eigenvalue weighted by atomic mass is 10.2. The number of aliphatic hydroxyl groups excluding tert-OH is 1. The molecular weight excluding hydrogens is 420 g/mol. The summed E-state index contributed by atoms with van der Waals surface area (Å²) in [7, 11) is 0. The van der Waals surface area contributed by atoms with Crippen molar-refractivity contribution in [1.29, 1.82) is 0 Å². The average molecular weight is 453 g/mol. The summed E-state index contributed by atoms with van der Waals surface area (Å²) in [6, 6.07) is 26.0. The highest BCUT2D eigenvalue weighted by Gasteiger charge is 2.06. The molecule has 6 nitrogen and oxygen atoms in total. The van der Waals surface area contributed by atoms with E-state index in [4.69, 9.17) is 28.8 Å². The third-order valence-electron chi connectivity index (χ3n) is 4.68. The third-order valence-corrected chi connectivity index (χ3v) is 4.68. The lowest BCUT2D eigenvalue weighted by Crippen LogP contribution is -2.10. The quantitative estimate of drug-likeness (QED) is 0.325. The highest BCUT2D eigenvalue weighted by molar-refractivity contribution is 5.38. The van der Waals surface area contributed by atoms with Gasteiger partial charge in [0.2, 0.25) is 0 Å². The summed E-state index contributed by atoms with van der Waals surface area (Å²) in [5.41, 5.74) is 3.17. The molecule has 0 saturated carbocycles. The van der Waals surface area contributed by atoms with Crippen molar-refractivity contribution < 1.29 is 28.8 Å². The molecule has 0 amide bonds. The Morgan fingerprint density at radius 1 is 0.485 bits per heavy atom. The van der Waals surface area contributed by atoms with Crippen LogP contribution in [0.5, 0.6) is 11.5 Å². The molecular formula is C27H32O6. The van der Waals surface area contributed by atoms with E-state index in [0.29, 0.717) is 52.9 Å². The van der Waals surface area contributed by atoms with Crippen LogP contribution in [0.3, 0.4) is 0 Å². The van der Waals surface area contributed by atoms with Crippen molar-refractivity contribution in [3.8, 4) is 11.5 Å². The Morgan fingerprint density at radius 2 is 0.970 bits per heavy atom. The normalized spacial score (nSPS) is 10.8. The fourth-order valence-corrected chi connectivity index (χ4v) is 3.06. The average Bonchev–Trinajstić information content (AvgIpc) is 2.86. The first-order chi connectivity index (χ1) is 16.3. The van der Waals surface area contributed by atoms with Gasteiger partial charge in [-0.25, -0.2) is 0 Å². The zero-order chi connectivity index (χ0) is 23.0. The SMILES string of the molecule is OCCOCCOCCOCc1cc(OCc2ccccc2)cc(OCc2ccccc2)c1. The van der Waals surface area contributed by atoms with Crippen LogP contribution in [0.4, 0.5) is 0 Å². The van der Waals surface area contributed by atoms with Crippen molar-refractivity contribution in [3.63, 3.8) is 0 Å². The molecule has 0 saturated heterocycles. The maximum atomic E-state index is 8.67. The van der Waals surface area contributed by atoms with Crippen LogP contribution in [-0.4, -0.2) is 44.7 Å². The van der Waals surface area contributed by atoms with Gasteiger partial charge < -0.3 is 28.8 Å². The van der Waals surface area contributed by atoms with Gasteiger partial charge in [-0.15, -0.1) is 0 Å². The molecule has 33 heavy (non-hydrogen) atoms. The summed E-state index contributed by atoms with van der Waals surface area (Å²) < 4.78 is 28.4. The summed E-state index contributed by atoms with van der Waals surface area (Å²) in [5.74, 6) is 1.47. The lowest BCUT2D eigenvalue weighted by Gasteiger charge is -2.13. The maximum absolute atomic E-state index is 8.67. The molecule has 0 aliphatic carbocycles. The Balaban J connectivity index is 1.52. The van der Waals surface area contributed by atoms with Crippen LogP contribution in [0.25, 0.3) is 0 Å². The highest BCUT2D eigenvalue weighted by atomic mass is 16.5. The van der Waals surface area contributed by atoms with E-state index in [1.807, 2.05) is 78.9 Å². The summed E-state index contributed by atoms with van der Waals surface area (Å²) in [4.78, 5) is 0. The van der Waals surface area contributed by atoms with Gasteiger partial charge >= 0.3 is 0 Å². The van der Waals surface area contributed by atoms with Crippen molar-refractivity contribution in [3.05, 3.63) is 95.6 Å². The van der Waals surface area contributed by atoms with Gasteiger partial charge in [-0.2, -0.15) is 0 Å². The molecule has 0 atom stereocenters. The monoisotopic (exact) mass is 452 g/mol. The second-order valence-corrected chi connectivity index (χ2v) is 7.36. The predicted molar refractivity (Wildman–Crippen MR) is 126 cm³/mol. The summed E-state index contributed by atoms with van der Waals surface area (Å²) in [6.07, 6.45) is 0. The Bertz CT molecular complexity index is 839. The fourth-order valence-electron chi connectivity index (χ4n) is 3.06. The fraction of sp³-hybridized carbons (Fsp3) is 0.333. The number of rotatable bonds is 16. The predicted octanol–water partition coefficient (Wildman–Crippen LogP) is 4.39. The van der Waals surface area contributed by atoms with Crippen LogP contribution in [-0.2, 0) is 34.0 Å². The molecule has 0 heterocycles. The van der Waals surface area contributed by atoms with Crippen molar-refractivity contribution in [2.75, 3.05) is 39.6 Å². The van der Waals surface area contributed by atoms with Gasteiger partial charge in [-0.05, 0) is 28.8 Å². The molecule has 3 rings (SSSR count). The Hall–Kier alpha value is -2.90. The van der Waals surface area contributed by atoms with E-state index < -0.39 is 0 Å². The molecule has 0 fully saturated rings. The minimum Gasteiger partial charge on any atom is -0.489 e. The van der Waals surface area contributed by atoms with Gasteiger partial charge in [0.15, 0.2) is 0 Å². The van der Waals surface area contributed by atoms with Crippen LogP contribution in [0.1, 0.15) is 16.7 Å². The number of hydrogen-bond acceptors (Lipinski definition) is 6. The van der Waals surface area contributed by atoms with Gasteiger partial charge in [0.25, 0.3) is 0 Å². The molecule has 176 valence electrons. The molecule has 3 aromatic rings. The third kappa shape index (κ3) is 10.1. The molecule has 0 aromatic heterocycles. The molecule has 0 bridgehead atoms. The molecule has 0 spiro atoms. The van der Waals surface area contributed by atoms with Crippen molar-refractivity contribution in [1.82, 2.24) is 0 Å². The van der Waals surface area contributed by atoms with E-state index in [9.17, 15) is 0 Å². The van der Waals surface area contributed by atoms with Crippen LogP contribution >= 0.6 is 0 Å². The Kier molecular flexibility index (Phi) is 11.3. The van der Waals surface area contributed by atoms with E-state index in [1.165, 1.54) is 0 Å². The highest BCUT2D eigenvalue weighted by Crippen LogP contribution is 2.25. The van der Waals surface area contributed by atoms with Crippen molar-refractivity contribution >= 4 is 0 Å². The molecule has 3 aromatic carbocycles. The molecule has 0 aliphatic rings.